The first-order chi connectivity index (χ1) is 13.9. The number of halogens is 1. The van der Waals surface area contributed by atoms with E-state index in [9.17, 15) is 19.1 Å². The highest BCUT2D eigenvalue weighted by Gasteiger charge is 2.10. The van der Waals surface area contributed by atoms with E-state index in [0.717, 1.165) is 16.0 Å². The van der Waals surface area contributed by atoms with Crippen LogP contribution in [-0.4, -0.2) is 24.2 Å². The van der Waals surface area contributed by atoms with Gasteiger partial charge in [0.2, 0.25) is 0 Å². The topological polar surface area (TPSA) is 90.8 Å². The minimum Gasteiger partial charge on any atom is -0.546 e. The first kappa shape index (κ1) is 20.2. The van der Waals surface area contributed by atoms with E-state index in [4.69, 9.17) is 4.74 Å². The zero-order chi connectivity index (χ0) is 20.8. The van der Waals surface area contributed by atoms with Crippen molar-refractivity contribution in [3.63, 3.8) is 0 Å². The lowest BCUT2D eigenvalue weighted by molar-refractivity contribution is -0.307. The van der Waals surface area contributed by atoms with Crippen LogP contribution in [0.15, 0.2) is 65.8 Å². The van der Waals surface area contributed by atoms with Crippen molar-refractivity contribution >= 4 is 28.9 Å². The van der Waals surface area contributed by atoms with Gasteiger partial charge in [-0.25, -0.2) is 9.82 Å². The Morgan fingerprint density at radius 2 is 1.76 bits per heavy atom. The average molecular weight is 411 g/mol. The number of nitrogens with one attached hydrogen (secondary N) is 1. The number of carbonyl (C=O) groups is 2. The highest BCUT2D eigenvalue weighted by atomic mass is 32.1. The van der Waals surface area contributed by atoms with Gasteiger partial charge in [0, 0.05) is 4.88 Å². The van der Waals surface area contributed by atoms with Crippen LogP contribution in [0.25, 0.3) is 10.4 Å². The standard InChI is InChI=1S/C21H17FN2O4S/c1-13(14-4-8-17(9-5-14)28-12-20(25)26)23-24-21(27)19-11-10-18(29-19)15-2-6-16(22)7-3-15/h2-11H,12H2,1H3,(H,24,27)(H,25,26)/p-1/b23-13-. The second-order valence-electron chi connectivity index (χ2n) is 5.99. The summed E-state index contributed by atoms with van der Waals surface area (Å²) in [5.74, 6) is -1.57. The number of benzene rings is 2. The number of hydrazone groups is 1. The number of nitrogens with zero attached hydrogens (tertiary/aromatic N) is 1. The van der Waals surface area contributed by atoms with E-state index in [-0.39, 0.29) is 11.7 Å². The third kappa shape index (κ3) is 5.49. The van der Waals surface area contributed by atoms with Gasteiger partial charge in [-0.3, -0.25) is 4.79 Å². The minimum absolute atomic E-state index is 0.313. The van der Waals surface area contributed by atoms with Crippen LogP contribution in [0.5, 0.6) is 5.75 Å². The average Bonchev–Trinajstić information content (AvgIpc) is 3.21. The van der Waals surface area contributed by atoms with Crippen molar-refractivity contribution in [2.45, 2.75) is 6.92 Å². The number of aliphatic carboxylic acids is 1. The summed E-state index contributed by atoms with van der Waals surface area (Å²) in [6, 6.07) is 16.2. The molecule has 3 aromatic rings. The molecule has 0 spiro atoms. The molecular weight excluding hydrogens is 395 g/mol. The smallest absolute Gasteiger partial charge is 0.281 e. The number of hydrogen-bond acceptors (Lipinski definition) is 6. The predicted octanol–water partition coefficient (Wildman–Crippen LogP) is 2.84. The Labute approximate surface area is 170 Å². The second kappa shape index (κ2) is 9.11. The second-order valence-corrected chi connectivity index (χ2v) is 7.08. The van der Waals surface area contributed by atoms with Gasteiger partial charge in [0.05, 0.1) is 16.6 Å². The zero-order valence-electron chi connectivity index (χ0n) is 15.3. The number of rotatable bonds is 7. The van der Waals surface area contributed by atoms with Crippen LogP contribution in [-0.2, 0) is 4.79 Å². The molecule has 0 saturated heterocycles. The van der Waals surface area contributed by atoms with Crippen molar-refractivity contribution in [1.29, 1.82) is 0 Å². The van der Waals surface area contributed by atoms with Crippen LogP contribution in [0.4, 0.5) is 4.39 Å². The van der Waals surface area contributed by atoms with Gasteiger partial charge in [0.15, 0.2) is 0 Å². The fourth-order valence-corrected chi connectivity index (χ4v) is 3.32. The van der Waals surface area contributed by atoms with E-state index in [1.54, 1.807) is 55.5 Å². The Kier molecular flexibility index (Phi) is 6.36. The third-order valence-corrected chi connectivity index (χ3v) is 5.05. The third-order valence-electron chi connectivity index (χ3n) is 3.91. The summed E-state index contributed by atoms with van der Waals surface area (Å²) in [7, 11) is 0. The van der Waals surface area contributed by atoms with Gasteiger partial charge >= 0.3 is 0 Å². The number of carboxylic acid groups (broad SMARTS) is 1. The molecule has 0 aliphatic carbocycles. The molecule has 1 aromatic heterocycles. The Hall–Kier alpha value is -3.52. The SMILES string of the molecule is C/C(=N/NC(=O)c1ccc(-c2ccc(F)cc2)s1)c1ccc(OCC(=O)[O-])cc1. The largest absolute Gasteiger partial charge is 0.546 e. The van der Waals surface area contributed by atoms with Crippen molar-refractivity contribution in [2.24, 2.45) is 5.10 Å². The highest BCUT2D eigenvalue weighted by Crippen LogP contribution is 2.28. The van der Waals surface area contributed by atoms with E-state index in [0.29, 0.717) is 16.3 Å². The molecule has 0 unspecified atom stereocenters. The zero-order valence-corrected chi connectivity index (χ0v) is 16.2. The molecule has 29 heavy (non-hydrogen) atoms. The molecule has 1 N–H and O–H groups in total. The summed E-state index contributed by atoms with van der Waals surface area (Å²) in [5.41, 5.74) is 4.65. The maximum absolute atomic E-state index is 13.0. The summed E-state index contributed by atoms with van der Waals surface area (Å²) in [5, 5.41) is 14.5. The molecule has 148 valence electrons. The van der Waals surface area contributed by atoms with E-state index in [1.807, 2.05) is 0 Å². The Balaban J connectivity index is 1.62. The number of carboxylic acids is 1. The van der Waals surface area contributed by atoms with Crippen molar-refractivity contribution in [1.82, 2.24) is 5.43 Å². The Morgan fingerprint density at radius 1 is 1.07 bits per heavy atom. The molecule has 3 rings (SSSR count). The van der Waals surface area contributed by atoms with Crippen LogP contribution in [0.3, 0.4) is 0 Å². The van der Waals surface area contributed by atoms with Gasteiger partial charge in [0.1, 0.15) is 18.2 Å². The summed E-state index contributed by atoms with van der Waals surface area (Å²) in [4.78, 5) is 24.1. The molecule has 6 nitrogen and oxygen atoms in total. The lowest BCUT2D eigenvalue weighted by atomic mass is 10.1. The molecule has 0 fully saturated rings. The molecule has 2 aromatic carbocycles. The summed E-state index contributed by atoms with van der Waals surface area (Å²) in [6.45, 7) is 1.21. The normalized spacial score (nSPS) is 11.2. The summed E-state index contributed by atoms with van der Waals surface area (Å²) >= 11 is 1.28. The molecule has 8 heteroatoms. The monoisotopic (exact) mass is 411 g/mol. The number of hydrogen-bond donors (Lipinski definition) is 1. The Morgan fingerprint density at radius 3 is 2.41 bits per heavy atom. The lowest BCUT2D eigenvalue weighted by Crippen LogP contribution is -2.28. The van der Waals surface area contributed by atoms with Crippen molar-refractivity contribution in [2.75, 3.05) is 6.61 Å². The van der Waals surface area contributed by atoms with Gasteiger partial charge in [0.25, 0.3) is 5.91 Å². The Bertz CT molecular complexity index is 1040. The number of carbonyl (C=O) groups excluding carboxylic acids is 2. The van der Waals surface area contributed by atoms with Crippen molar-refractivity contribution in [3.8, 4) is 16.2 Å². The maximum atomic E-state index is 13.0. The number of ether oxygens (including phenoxy) is 1. The molecule has 1 amide bonds. The van der Waals surface area contributed by atoms with E-state index >= 15 is 0 Å². The molecule has 1 heterocycles. The fraction of sp³-hybridized carbons (Fsp3) is 0.0952. The van der Waals surface area contributed by atoms with Crippen LogP contribution in [0, 0.1) is 5.82 Å². The van der Waals surface area contributed by atoms with Gasteiger partial charge in [-0.15, -0.1) is 11.3 Å². The summed E-state index contributed by atoms with van der Waals surface area (Å²) < 4.78 is 18.0. The fourth-order valence-electron chi connectivity index (χ4n) is 2.42. The van der Waals surface area contributed by atoms with Crippen molar-refractivity contribution < 1.29 is 23.8 Å². The highest BCUT2D eigenvalue weighted by molar-refractivity contribution is 7.17. The molecular formula is C21H16FN2O4S-. The van der Waals surface area contributed by atoms with E-state index in [2.05, 4.69) is 10.5 Å². The number of thiophene rings is 1. The molecule has 0 aliphatic rings. The lowest BCUT2D eigenvalue weighted by Gasteiger charge is -2.07. The van der Waals surface area contributed by atoms with Crippen LogP contribution in [0.1, 0.15) is 22.2 Å². The minimum atomic E-state index is -1.30. The van der Waals surface area contributed by atoms with Crippen LogP contribution in [0.2, 0.25) is 0 Å². The maximum Gasteiger partial charge on any atom is 0.281 e. The summed E-state index contributed by atoms with van der Waals surface area (Å²) in [6.07, 6.45) is 0. The van der Waals surface area contributed by atoms with E-state index < -0.39 is 12.6 Å². The quantitative estimate of drug-likeness (QED) is 0.478. The van der Waals surface area contributed by atoms with Gasteiger partial charge < -0.3 is 14.6 Å². The molecule has 0 aliphatic heterocycles. The van der Waals surface area contributed by atoms with Gasteiger partial charge in [-0.05, 0) is 66.6 Å². The van der Waals surface area contributed by atoms with Crippen LogP contribution >= 0.6 is 11.3 Å². The first-order valence-electron chi connectivity index (χ1n) is 8.56. The first-order valence-corrected chi connectivity index (χ1v) is 9.37. The molecule has 0 bridgehead atoms. The van der Waals surface area contributed by atoms with Gasteiger partial charge in [-0.1, -0.05) is 12.1 Å². The van der Waals surface area contributed by atoms with Crippen LogP contribution < -0.4 is 15.3 Å². The molecule has 0 radical (unpaired) electrons. The molecule has 0 saturated carbocycles. The molecule has 0 atom stereocenters. The number of amides is 1. The van der Waals surface area contributed by atoms with Gasteiger partial charge in [-0.2, -0.15) is 5.10 Å². The van der Waals surface area contributed by atoms with E-state index in [1.165, 1.54) is 23.5 Å². The van der Waals surface area contributed by atoms with Crippen molar-refractivity contribution in [3.05, 3.63) is 76.9 Å². The predicted molar refractivity (Wildman–Crippen MR) is 106 cm³/mol.